The predicted molar refractivity (Wildman–Crippen MR) is 322 cm³/mol. The average molecular weight is 1170 g/mol. The summed E-state index contributed by atoms with van der Waals surface area (Å²) in [5.41, 5.74) is 0.599. The summed E-state index contributed by atoms with van der Waals surface area (Å²) in [6.45, 7) is 20.9. The maximum Gasteiger partial charge on any atom is 0.235 e. The fraction of sp³-hybridized carbons (Fsp3) is 0.791. The van der Waals surface area contributed by atoms with Crippen LogP contribution >= 0.6 is 0 Å². The molecular formula is C67H110N2O14. The van der Waals surface area contributed by atoms with Gasteiger partial charge in [-0.2, -0.15) is 0 Å². The van der Waals surface area contributed by atoms with Crippen molar-refractivity contribution in [2.45, 2.75) is 296 Å². The lowest BCUT2D eigenvalue weighted by Crippen LogP contribution is -2.56. The van der Waals surface area contributed by atoms with Gasteiger partial charge < -0.3 is 67.5 Å². The van der Waals surface area contributed by atoms with Gasteiger partial charge in [-0.05, 0) is 104 Å². The average Bonchev–Trinajstić information content (AvgIpc) is 2.69. The molecule has 16 nitrogen and oxygen atoms in total. The van der Waals surface area contributed by atoms with Crippen molar-refractivity contribution in [3.05, 3.63) is 59.7 Å². The molecule has 8 atom stereocenters. The Labute approximate surface area is 499 Å². The zero-order valence-corrected chi connectivity index (χ0v) is 53.3. The predicted octanol–water partition coefficient (Wildman–Crippen LogP) is 13.4. The number of hydrogen-bond acceptors (Lipinski definition) is 14. The largest absolute Gasteiger partial charge is 0.497 e. The lowest BCUT2D eigenvalue weighted by Gasteiger charge is -2.33. The van der Waals surface area contributed by atoms with Crippen molar-refractivity contribution in [3.63, 3.8) is 0 Å². The molecule has 4 saturated heterocycles. The second-order valence-corrected chi connectivity index (χ2v) is 25.6. The summed E-state index contributed by atoms with van der Waals surface area (Å²) in [5, 5.41) is 6.62. The molecule has 2 amide bonds. The van der Waals surface area contributed by atoms with Gasteiger partial charge in [0.2, 0.25) is 11.8 Å². The van der Waals surface area contributed by atoms with E-state index in [-0.39, 0.29) is 38.1 Å². The third kappa shape index (κ3) is 22.0. The SMILES string of the molecule is CCCCCCCCCCCCC(CCCCCCCCCCCC)(C(=O)NC[C@H]1OC(C)(C)O[C@@H]1[C@@H]1OC(C)(C)O[C@H]1COCc1ccc(OC)cc1)C(=O)NC[C@H]1OC(C)(C)O[C@@H]1[C@@H]1OC(C)(C)O[C@H]1COCc1ccc(OC)cc1. The Morgan fingerprint density at radius 1 is 0.410 bits per heavy atom. The molecule has 83 heavy (non-hydrogen) atoms. The van der Waals surface area contributed by atoms with E-state index < -0.39 is 77.4 Å². The van der Waals surface area contributed by atoms with Crippen molar-refractivity contribution in [2.24, 2.45) is 5.41 Å². The first kappa shape index (κ1) is 68.7. The minimum Gasteiger partial charge on any atom is -0.497 e. The molecule has 0 radical (unpaired) electrons. The molecule has 0 saturated carbocycles. The van der Waals surface area contributed by atoms with E-state index >= 15 is 9.59 Å². The molecule has 4 aliphatic rings. The van der Waals surface area contributed by atoms with Gasteiger partial charge in [-0.1, -0.05) is 167 Å². The van der Waals surface area contributed by atoms with E-state index in [1.165, 1.54) is 77.0 Å². The number of amides is 2. The van der Waals surface area contributed by atoms with Crippen LogP contribution in [0.1, 0.15) is 222 Å². The van der Waals surface area contributed by atoms with Gasteiger partial charge in [0.05, 0.1) is 40.6 Å². The van der Waals surface area contributed by atoms with E-state index in [0.29, 0.717) is 26.1 Å². The van der Waals surface area contributed by atoms with Crippen LogP contribution in [0.25, 0.3) is 0 Å². The number of carbonyl (C=O) groups excluding carboxylic acids is 2. The van der Waals surface area contributed by atoms with Crippen LogP contribution in [0.2, 0.25) is 0 Å². The van der Waals surface area contributed by atoms with Crippen LogP contribution in [-0.4, -0.2) is 124 Å². The summed E-state index contributed by atoms with van der Waals surface area (Å²) in [5.74, 6) is -2.94. The van der Waals surface area contributed by atoms with Gasteiger partial charge >= 0.3 is 0 Å². The smallest absolute Gasteiger partial charge is 0.235 e. The van der Waals surface area contributed by atoms with E-state index in [0.717, 1.165) is 74.0 Å². The van der Waals surface area contributed by atoms with Gasteiger partial charge in [0.25, 0.3) is 0 Å². The van der Waals surface area contributed by atoms with Gasteiger partial charge in [0, 0.05) is 13.1 Å². The molecule has 0 spiro atoms. The van der Waals surface area contributed by atoms with E-state index in [4.69, 9.17) is 56.8 Å². The van der Waals surface area contributed by atoms with Crippen molar-refractivity contribution in [3.8, 4) is 11.5 Å². The molecule has 2 N–H and O–H groups in total. The Kier molecular flexibility index (Phi) is 27.8. The molecular weight excluding hydrogens is 1060 g/mol. The highest BCUT2D eigenvalue weighted by atomic mass is 16.8. The molecule has 0 aromatic heterocycles. The first-order valence-electron chi connectivity index (χ1n) is 32.1. The number of rotatable bonds is 40. The van der Waals surface area contributed by atoms with Crippen LogP contribution in [0, 0.1) is 5.41 Å². The third-order valence-electron chi connectivity index (χ3n) is 16.7. The van der Waals surface area contributed by atoms with Crippen molar-refractivity contribution >= 4 is 11.8 Å². The summed E-state index contributed by atoms with van der Waals surface area (Å²) in [7, 11) is 3.29. The highest BCUT2D eigenvalue weighted by molar-refractivity contribution is 6.05. The highest BCUT2D eigenvalue weighted by Crippen LogP contribution is 2.42. The summed E-state index contributed by atoms with van der Waals surface area (Å²) >= 11 is 0. The Morgan fingerprint density at radius 2 is 0.687 bits per heavy atom. The second-order valence-electron chi connectivity index (χ2n) is 25.6. The lowest BCUT2D eigenvalue weighted by atomic mass is 9.75. The number of benzene rings is 2. The van der Waals surface area contributed by atoms with Crippen LogP contribution in [0.15, 0.2) is 48.5 Å². The maximum absolute atomic E-state index is 15.6. The van der Waals surface area contributed by atoms with Gasteiger partial charge in [-0.15, -0.1) is 0 Å². The molecule has 472 valence electrons. The summed E-state index contributed by atoms with van der Waals surface area (Å²) in [4.78, 5) is 31.2. The number of carbonyl (C=O) groups is 2. The third-order valence-corrected chi connectivity index (χ3v) is 16.7. The number of unbranched alkanes of at least 4 members (excludes halogenated alkanes) is 18. The minimum absolute atomic E-state index is 0.0876. The van der Waals surface area contributed by atoms with Gasteiger partial charge in [0.15, 0.2) is 23.1 Å². The number of hydrogen-bond donors (Lipinski definition) is 2. The Balaban J connectivity index is 1.20. The van der Waals surface area contributed by atoms with Crippen LogP contribution in [0.3, 0.4) is 0 Å². The van der Waals surface area contributed by atoms with Crippen LogP contribution in [0.4, 0.5) is 0 Å². The van der Waals surface area contributed by atoms with Gasteiger partial charge in [0.1, 0.15) is 65.7 Å². The fourth-order valence-electron chi connectivity index (χ4n) is 12.4. The van der Waals surface area contributed by atoms with Gasteiger partial charge in [-0.25, -0.2) is 0 Å². The molecule has 4 aliphatic heterocycles. The van der Waals surface area contributed by atoms with Crippen LogP contribution < -0.4 is 20.1 Å². The number of methoxy groups -OCH3 is 2. The topological polar surface area (TPSA) is 169 Å². The Morgan fingerprint density at radius 3 is 0.988 bits per heavy atom. The zero-order valence-electron chi connectivity index (χ0n) is 53.3. The van der Waals surface area contributed by atoms with Crippen molar-refractivity contribution in [1.82, 2.24) is 10.6 Å². The summed E-state index contributed by atoms with van der Waals surface area (Å²) in [6, 6.07) is 15.5. The van der Waals surface area contributed by atoms with E-state index in [1.807, 2.05) is 104 Å². The van der Waals surface area contributed by atoms with E-state index in [2.05, 4.69) is 24.5 Å². The first-order chi connectivity index (χ1) is 39.7. The molecule has 0 bridgehead atoms. The lowest BCUT2D eigenvalue weighted by molar-refractivity contribution is -0.175. The fourth-order valence-corrected chi connectivity index (χ4v) is 12.4. The van der Waals surface area contributed by atoms with Crippen LogP contribution in [0.5, 0.6) is 11.5 Å². The Hall–Kier alpha value is -3.42. The molecule has 16 heteroatoms. The maximum atomic E-state index is 15.6. The van der Waals surface area contributed by atoms with Crippen molar-refractivity contribution < 1.29 is 66.4 Å². The standard InChI is InChI=1S/C67H110N2O14/c1-13-15-17-19-21-23-25-27-29-31-41-67(42-32-30-28-26-24-22-20-18-16-14-2,61(70)68-43-53-57(80-63(3,4)76-53)59-55(78-65(7,8)82-59)47-74-45-49-33-37-51(72-11)38-34-49)62(71)69-44-54-58(81-64(5,6)77-54)60-56(79-66(9,10)83-60)48-75-46-50-35-39-52(73-12)40-36-50/h33-40,53-60H,13-32,41-48H2,1-12H3,(H,68,70)(H,69,71)/t53-,54-,55+,56+,57+,58+,59-,60-/m1/s1. The second kappa shape index (κ2) is 33.6. The molecule has 2 aromatic rings. The van der Waals surface area contributed by atoms with Crippen molar-refractivity contribution in [1.29, 1.82) is 0 Å². The van der Waals surface area contributed by atoms with E-state index in [9.17, 15) is 0 Å². The number of ether oxygens (including phenoxy) is 12. The van der Waals surface area contributed by atoms with Gasteiger partial charge in [-0.3, -0.25) is 9.59 Å². The highest BCUT2D eigenvalue weighted by Gasteiger charge is 2.56. The molecule has 6 rings (SSSR count). The summed E-state index contributed by atoms with van der Waals surface area (Å²) in [6.07, 6.45) is 18.8. The molecule has 4 fully saturated rings. The summed E-state index contributed by atoms with van der Waals surface area (Å²) < 4.78 is 75.9. The quantitative estimate of drug-likeness (QED) is 0.0477. The number of nitrogens with one attached hydrogen (secondary N) is 2. The zero-order chi connectivity index (χ0) is 59.9. The van der Waals surface area contributed by atoms with Crippen molar-refractivity contribution in [2.75, 3.05) is 40.5 Å². The minimum atomic E-state index is -1.39. The monoisotopic (exact) mass is 1170 g/mol. The normalized spacial score (nSPS) is 25.2. The molecule has 0 aliphatic carbocycles. The van der Waals surface area contributed by atoms with Crippen LogP contribution in [-0.2, 0) is 70.2 Å². The molecule has 2 aromatic carbocycles. The molecule has 0 unspecified atom stereocenters. The first-order valence-corrected chi connectivity index (χ1v) is 32.1. The molecule has 4 heterocycles. The Bertz CT molecular complexity index is 2020. The van der Waals surface area contributed by atoms with E-state index in [1.54, 1.807) is 14.2 Å².